The summed E-state index contributed by atoms with van der Waals surface area (Å²) in [6, 6.07) is 6.37. The summed E-state index contributed by atoms with van der Waals surface area (Å²) >= 11 is 11.9. The second kappa shape index (κ2) is 9.27. The molecule has 0 atom stereocenters. The molecule has 0 saturated carbocycles. The fraction of sp³-hybridized carbons (Fsp3) is 0.176. The van der Waals surface area contributed by atoms with Crippen LogP contribution in [0.25, 0.3) is 0 Å². The first-order valence-corrected chi connectivity index (χ1v) is 7.88. The van der Waals surface area contributed by atoms with Crippen molar-refractivity contribution in [1.29, 1.82) is 0 Å². The number of halogens is 2. The standard InChI is InChI=1S/C17H15Cl2NO5/c1-3-15(21)25-16-13(23-8-7-22-2)5-4-6-14(16)24-17-12(19)9-11(18)10-20-17/h3-6,9-10H,1,7-8H2,2H3. The van der Waals surface area contributed by atoms with E-state index in [0.29, 0.717) is 17.4 Å². The Kier molecular flexibility index (Phi) is 7.06. The highest BCUT2D eigenvalue weighted by Crippen LogP contribution is 2.41. The minimum atomic E-state index is -0.664. The zero-order valence-corrected chi connectivity index (χ0v) is 14.8. The number of carbonyl (C=O) groups excluding carboxylic acids is 1. The summed E-state index contributed by atoms with van der Waals surface area (Å²) in [5.41, 5.74) is 0. The average molecular weight is 384 g/mol. The summed E-state index contributed by atoms with van der Waals surface area (Å²) in [6.07, 6.45) is 2.42. The maximum absolute atomic E-state index is 11.6. The molecule has 0 radical (unpaired) electrons. The second-order valence-corrected chi connectivity index (χ2v) is 5.44. The zero-order chi connectivity index (χ0) is 18.2. The Morgan fingerprint density at radius 3 is 2.72 bits per heavy atom. The number of methoxy groups -OCH3 is 1. The van der Waals surface area contributed by atoms with Gasteiger partial charge in [0.1, 0.15) is 11.6 Å². The summed E-state index contributed by atoms with van der Waals surface area (Å²) < 4.78 is 21.4. The fourth-order valence-corrected chi connectivity index (χ4v) is 2.17. The molecule has 25 heavy (non-hydrogen) atoms. The molecule has 0 saturated heterocycles. The van der Waals surface area contributed by atoms with Crippen LogP contribution < -0.4 is 14.2 Å². The summed E-state index contributed by atoms with van der Waals surface area (Å²) in [6.45, 7) is 4.00. The molecule has 0 unspecified atom stereocenters. The van der Waals surface area contributed by atoms with Crippen LogP contribution in [-0.4, -0.2) is 31.3 Å². The van der Waals surface area contributed by atoms with Gasteiger partial charge in [-0.1, -0.05) is 35.8 Å². The molecule has 0 fully saturated rings. The van der Waals surface area contributed by atoms with Gasteiger partial charge < -0.3 is 18.9 Å². The number of para-hydroxylation sites is 1. The van der Waals surface area contributed by atoms with Crippen molar-refractivity contribution in [3.8, 4) is 23.1 Å². The van der Waals surface area contributed by atoms with E-state index in [1.807, 2.05) is 0 Å². The van der Waals surface area contributed by atoms with Gasteiger partial charge in [-0.25, -0.2) is 9.78 Å². The lowest BCUT2D eigenvalue weighted by Crippen LogP contribution is -2.09. The summed E-state index contributed by atoms with van der Waals surface area (Å²) in [5.74, 6) is 0.0202. The van der Waals surface area contributed by atoms with E-state index in [2.05, 4.69) is 11.6 Å². The van der Waals surface area contributed by atoms with E-state index in [1.165, 1.54) is 12.3 Å². The van der Waals surface area contributed by atoms with Crippen LogP contribution in [0.3, 0.4) is 0 Å². The molecule has 0 amide bonds. The molecule has 0 spiro atoms. The molecular formula is C17H15Cl2NO5. The van der Waals surface area contributed by atoms with E-state index in [4.69, 9.17) is 42.1 Å². The molecule has 6 nitrogen and oxygen atoms in total. The predicted molar refractivity (Wildman–Crippen MR) is 94.0 cm³/mol. The van der Waals surface area contributed by atoms with Crippen molar-refractivity contribution in [2.75, 3.05) is 20.3 Å². The molecule has 1 aromatic heterocycles. The Bertz CT molecular complexity index is 767. The average Bonchev–Trinajstić information content (AvgIpc) is 2.59. The van der Waals surface area contributed by atoms with Crippen LogP contribution in [0.5, 0.6) is 23.1 Å². The van der Waals surface area contributed by atoms with Gasteiger partial charge in [-0.15, -0.1) is 0 Å². The largest absolute Gasteiger partial charge is 0.487 e. The van der Waals surface area contributed by atoms with Gasteiger partial charge in [0.2, 0.25) is 11.6 Å². The maximum atomic E-state index is 11.6. The lowest BCUT2D eigenvalue weighted by atomic mass is 10.3. The Morgan fingerprint density at radius 1 is 1.28 bits per heavy atom. The van der Waals surface area contributed by atoms with E-state index in [9.17, 15) is 4.79 Å². The number of hydrogen-bond acceptors (Lipinski definition) is 6. The van der Waals surface area contributed by atoms with Crippen LogP contribution in [0, 0.1) is 0 Å². The number of ether oxygens (including phenoxy) is 4. The molecule has 0 N–H and O–H groups in total. The Morgan fingerprint density at radius 2 is 2.04 bits per heavy atom. The third-order valence-corrected chi connectivity index (χ3v) is 3.32. The first kappa shape index (κ1) is 19.1. The quantitative estimate of drug-likeness (QED) is 0.293. The number of benzene rings is 1. The normalized spacial score (nSPS) is 10.2. The SMILES string of the molecule is C=CC(=O)Oc1c(OCCOC)cccc1Oc1ncc(Cl)cc1Cl. The number of pyridine rings is 1. The number of hydrogen-bond donors (Lipinski definition) is 0. The van der Waals surface area contributed by atoms with Crippen molar-refractivity contribution in [1.82, 2.24) is 4.98 Å². The maximum Gasteiger partial charge on any atom is 0.335 e. The molecule has 2 rings (SSSR count). The van der Waals surface area contributed by atoms with Gasteiger partial charge in [0, 0.05) is 19.4 Å². The summed E-state index contributed by atoms with van der Waals surface area (Å²) in [4.78, 5) is 15.7. The number of carbonyl (C=O) groups is 1. The molecule has 1 heterocycles. The van der Waals surface area contributed by atoms with Gasteiger partial charge in [0.25, 0.3) is 0 Å². The van der Waals surface area contributed by atoms with Gasteiger partial charge in [-0.2, -0.15) is 0 Å². The first-order valence-electron chi connectivity index (χ1n) is 7.13. The van der Waals surface area contributed by atoms with Crippen LogP contribution in [0.2, 0.25) is 10.0 Å². The van der Waals surface area contributed by atoms with E-state index in [0.717, 1.165) is 6.08 Å². The van der Waals surface area contributed by atoms with Crippen LogP contribution in [0.1, 0.15) is 0 Å². The van der Waals surface area contributed by atoms with E-state index in [-0.39, 0.29) is 29.0 Å². The summed E-state index contributed by atoms with van der Waals surface area (Å²) in [5, 5.41) is 0.575. The third-order valence-electron chi connectivity index (χ3n) is 2.84. The van der Waals surface area contributed by atoms with Crippen molar-refractivity contribution >= 4 is 29.2 Å². The molecule has 0 aliphatic heterocycles. The fourth-order valence-electron chi connectivity index (χ4n) is 1.75. The van der Waals surface area contributed by atoms with E-state index in [1.54, 1.807) is 25.3 Å². The zero-order valence-electron chi connectivity index (χ0n) is 13.3. The van der Waals surface area contributed by atoms with E-state index >= 15 is 0 Å². The Balaban J connectivity index is 2.35. The second-order valence-electron chi connectivity index (χ2n) is 4.59. The topological polar surface area (TPSA) is 66.9 Å². The van der Waals surface area contributed by atoms with Crippen LogP contribution in [0.15, 0.2) is 43.1 Å². The molecule has 132 valence electrons. The highest BCUT2D eigenvalue weighted by atomic mass is 35.5. The van der Waals surface area contributed by atoms with Gasteiger partial charge in [-0.3, -0.25) is 0 Å². The molecule has 0 aliphatic carbocycles. The van der Waals surface area contributed by atoms with Gasteiger partial charge in [0.15, 0.2) is 11.5 Å². The van der Waals surface area contributed by atoms with Crippen LogP contribution >= 0.6 is 23.2 Å². The minimum Gasteiger partial charge on any atom is -0.487 e. The Hall–Kier alpha value is -2.28. The highest BCUT2D eigenvalue weighted by Gasteiger charge is 2.18. The lowest BCUT2D eigenvalue weighted by molar-refractivity contribution is -0.129. The molecule has 0 aliphatic rings. The molecule has 2 aromatic rings. The lowest BCUT2D eigenvalue weighted by Gasteiger charge is -2.15. The van der Waals surface area contributed by atoms with Gasteiger partial charge in [0.05, 0.1) is 11.6 Å². The van der Waals surface area contributed by atoms with E-state index < -0.39 is 5.97 Å². The Labute approximate surface area is 154 Å². The molecule has 8 heteroatoms. The number of esters is 1. The van der Waals surface area contributed by atoms with Crippen LogP contribution in [0.4, 0.5) is 0 Å². The number of rotatable bonds is 8. The predicted octanol–water partition coefficient (Wildman–Crippen LogP) is 4.30. The monoisotopic (exact) mass is 383 g/mol. The van der Waals surface area contributed by atoms with Crippen molar-refractivity contribution in [2.24, 2.45) is 0 Å². The molecule has 1 aromatic carbocycles. The highest BCUT2D eigenvalue weighted by molar-refractivity contribution is 6.35. The minimum absolute atomic E-state index is 0.0799. The number of nitrogens with zero attached hydrogens (tertiary/aromatic N) is 1. The van der Waals surface area contributed by atoms with Crippen molar-refractivity contribution < 1.29 is 23.7 Å². The van der Waals surface area contributed by atoms with Gasteiger partial charge >= 0.3 is 5.97 Å². The third kappa shape index (κ3) is 5.35. The number of aromatic nitrogens is 1. The van der Waals surface area contributed by atoms with Crippen LogP contribution in [-0.2, 0) is 9.53 Å². The first-order chi connectivity index (χ1) is 12.0. The van der Waals surface area contributed by atoms with Crippen molar-refractivity contribution in [2.45, 2.75) is 0 Å². The summed E-state index contributed by atoms with van der Waals surface area (Å²) in [7, 11) is 1.55. The van der Waals surface area contributed by atoms with Gasteiger partial charge in [-0.05, 0) is 18.2 Å². The van der Waals surface area contributed by atoms with Crippen molar-refractivity contribution in [3.63, 3.8) is 0 Å². The molecular weight excluding hydrogens is 369 g/mol. The molecule has 0 bridgehead atoms. The smallest absolute Gasteiger partial charge is 0.335 e. The van der Waals surface area contributed by atoms with Crippen molar-refractivity contribution in [3.05, 3.63) is 53.2 Å².